The fraction of sp³-hybridized carbons (Fsp3) is 0.125. The molecule has 1 aromatic heterocycles. The van der Waals surface area contributed by atoms with Crippen LogP contribution in [-0.4, -0.2) is 23.3 Å². The first-order valence-corrected chi connectivity index (χ1v) is 4.17. The number of amides is 2. The highest BCUT2D eigenvalue weighted by molar-refractivity contribution is 6.29. The molecule has 3 N–H and O–H groups in total. The van der Waals surface area contributed by atoms with Crippen LogP contribution in [-0.2, 0) is 4.79 Å². The molecule has 0 saturated heterocycles. The van der Waals surface area contributed by atoms with Crippen LogP contribution in [0.3, 0.4) is 0 Å². The van der Waals surface area contributed by atoms with E-state index in [1.807, 2.05) is 0 Å². The second-order valence-corrected chi connectivity index (χ2v) is 2.84. The highest BCUT2D eigenvalue weighted by Gasteiger charge is 2.08. The Bertz CT molecular complexity index is 367. The van der Waals surface area contributed by atoms with Crippen LogP contribution < -0.4 is 11.1 Å². The molecule has 1 aromatic rings. The molecule has 0 fully saturated rings. The van der Waals surface area contributed by atoms with Gasteiger partial charge in [-0.2, -0.15) is 0 Å². The number of pyridine rings is 1. The molecule has 0 aliphatic rings. The zero-order chi connectivity index (χ0) is 10.6. The van der Waals surface area contributed by atoms with Crippen LogP contribution in [0, 0.1) is 0 Å². The Morgan fingerprint density at radius 3 is 2.86 bits per heavy atom. The smallest absolute Gasteiger partial charge is 0.258 e. The minimum absolute atomic E-state index is 0.192. The van der Waals surface area contributed by atoms with E-state index in [2.05, 4.69) is 10.3 Å². The molecule has 0 spiro atoms. The van der Waals surface area contributed by atoms with E-state index >= 15 is 0 Å². The van der Waals surface area contributed by atoms with Crippen molar-refractivity contribution in [1.82, 2.24) is 10.3 Å². The van der Waals surface area contributed by atoms with Crippen molar-refractivity contribution in [2.45, 2.75) is 0 Å². The normalized spacial score (nSPS) is 9.57. The molecular formula is C8H8ClN3O2. The first kappa shape index (κ1) is 10.6. The van der Waals surface area contributed by atoms with Gasteiger partial charge in [0.25, 0.3) is 5.91 Å². The number of nitrogens with zero attached hydrogens (tertiary/aromatic N) is 1. The standard InChI is InChI=1S/C8H8ClN3O2/c9-6-3-5(1-2-11-6)8(14)12-7(13)4-10/h1-3H,4,10H2,(H,12,13,14). The van der Waals surface area contributed by atoms with E-state index in [1.54, 1.807) is 0 Å². The Morgan fingerprint density at radius 2 is 2.29 bits per heavy atom. The quantitative estimate of drug-likeness (QED) is 0.675. The van der Waals surface area contributed by atoms with Crippen molar-refractivity contribution in [3.05, 3.63) is 29.0 Å². The molecule has 6 heteroatoms. The molecule has 2 amide bonds. The summed E-state index contributed by atoms with van der Waals surface area (Å²) in [6.45, 7) is -0.232. The number of imide groups is 1. The summed E-state index contributed by atoms with van der Waals surface area (Å²) in [7, 11) is 0. The third kappa shape index (κ3) is 2.79. The highest BCUT2D eigenvalue weighted by Crippen LogP contribution is 2.06. The maximum Gasteiger partial charge on any atom is 0.258 e. The number of hydrogen-bond acceptors (Lipinski definition) is 4. The topological polar surface area (TPSA) is 85.1 Å². The number of hydrogen-bond donors (Lipinski definition) is 2. The van der Waals surface area contributed by atoms with Crippen molar-refractivity contribution in [3.8, 4) is 0 Å². The van der Waals surface area contributed by atoms with E-state index in [0.29, 0.717) is 0 Å². The van der Waals surface area contributed by atoms with Gasteiger partial charge in [-0.25, -0.2) is 4.98 Å². The molecule has 0 aliphatic heterocycles. The zero-order valence-electron chi connectivity index (χ0n) is 7.16. The molecule has 0 saturated carbocycles. The van der Waals surface area contributed by atoms with E-state index in [4.69, 9.17) is 17.3 Å². The Hall–Kier alpha value is -1.46. The lowest BCUT2D eigenvalue weighted by Gasteiger charge is -2.01. The van der Waals surface area contributed by atoms with Gasteiger partial charge in [0.15, 0.2) is 0 Å². The van der Waals surface area contributed by atoms with Gasteiger partial charge in [-0.3, -0.25) is 14.9 Å². The van der Waals surface area contributed by atoms with Crippen LogP contribution >= 0.6 is 11.6 Å². The largest absolute Gasteiger partial charge is 0.322 e. The second-order valence-electron chi connectivity index (χ2n) is 2.45. The first-order valence-electron chi connectivity index (χ1n) is 3.79. The zero-order valence-corrected chi connectivity index (χ0v) is 7.91. The van der Waals surface area contributed by atoms with Crippen molar-refractivity contribution in [1.29, 1.82) is 0 Å². The third-order valence-corrected chi connectivity index (χ3v) is 1.63. The summed E-state index contributed by atoms with van der Waals surface area (Å²) in [6, 6.07) is 2.81. The van der Waals surface area contributed by atoms with Crippen LogP contribution in [0.15, 0.2) is 18.3 Å². The van der Waals surface area contributed by atoms with E-state index in [9.17, 15) is 9.59 Å². The van der Waals surface area contributed by atoms with Gasteiger partial charge in [0.05, 0.1) is 6.54 Å². The molecular weight excluding hydrogens is 206 g/mol. The van der Waals surface area contributed by atoms with Crippen molar-refractivity contribution in [2.75, 3.05) is 6.54 Å². The van der Waals surface area contributed by atoms with Gasteiger partial charge < -0.3 is 5.73 Å². The van der Waals surface area contributed by atoms with E-state index in [-0.39, 0.29) is 17.3 Å². The minimum Gasteiger partial charge on any atom is -0.322 e. The number of carbonyl (C=O) groups excluding carboxylic acids is 2. The molecule has 5 nitrogen and oxygen atoms in total. The fourth-order valence-electron chi connectivity index (χ4n) is 0.794. The number of rotatable bonds is 2. The molecule has 0 aromatic carbocycles. The monoisotopic (exact) mass is 213 g/mol. The molecule has 1 rings (SSSR count). The first-order chi connectivity index (χ1) is 6.63. The summed E-state index contributed by atoms with van der Waals surface area (Å²) in [6.07, 6.45) is 1.38. The fourth-order valence-corrected chi connectivity index (χ4v) is 0.967. The average molecular weight is 214 g/mol. The maximum absolute atomic E-state index is 11.3. The highest BCUT2D eigenvalue weighted by atomic mass is 35.5. The summed E-state index contributed by atoms with van der Waals surface area (Å²) >= 11 is 5.56. The van der Waals surface area contributed by atoms with E-state index in [1.165, 1.54) is 18.3 Å². The third-order valence-electron chi connectivity index (χ3n) is 1.43. The maximum atomic E-state index is 11.3. The predicted molar refractivity (Wildman–Crippen MR) is 50.8 cm³/mol. The van der Waals surface area contributed by atoms with Crippen molar-refractivity contribution < 1.29 is 9.59 Å². The lowest BCUT2D eigenvalue weighted by Crippen LogP contribution is -2.35. The van der Waals surface area contributed by atoms with Crippen LogP contribution in [0.4, 0.5) is 0 Å². The number of carbonyl (C=O) groups is 2. The molecule has 0 atom stereocenters. The lowest BCUT2D eigenvalue weighted by molar-refractivity contribution is -0.118. The predicted octanol–water partition coefficient (Wildman–Crippen LogP) is -0.0499. The van der Waals surface area contributed by atoms with Crippen molar-refractivity contribution in [3.63, 3.8) is 0 Å². The number of halogens is 1. The van der Waals surface area contributed by atoms with E-state index < -0.39 is 11.8 Å². The van der Waals surface area contributed by atoms with Crippen molar-refractivity contribution in [2.24, 2.45) is 5.73 Å². The number of nitrogens with one attached hydrogen (secondary N) is 1. The van der Waals surface area contributed by atoms with Gasteiger partial charge in [-0.1, -0.05) is 11.6 Å². The summed E-state index contributed by atoms with van der Waals surface area (Å²) in [5.74, 6) is -1.08. The number of nitrogens with two attached hydrogens (primary N) is 1. The summed E-state index contributed by atoms with van der Waals surface area (Å²) in [4.78, 5) is 25.8. The lowest BCUT2D eigenvalue weighted by atomic mass is 10.2. The molecule has 1 heterocycles. The van der Waals surface area contributed by atoms with Gasteiger partial charge in [0, 0.05) is 11.8 Å². The summed E-state index contributed by atoms with van der Waals surface area (Å²) in [5.41, 5.74) is 5.30. The van der Waals surface area contributed by atoms with E-state index in [0.717, 1.165) is 0 Å². The second kappa shape index (κ2) is 4.69. The van der Waals surface area contributed by atoms with Gasteiger partial charge in [-0.05, 0) is 12.1 Å². The van der Waals surface area contributed by atoms with Gasteiger partial charge in [0.1, 0.15) is 5.15 Å². The van der Waals surface area contributed by atoms with Gasteiger partial charge >= 0.3 is 0 Å². The Balaban J connectivity index is 2.75. The van der Waals surface area contributed by atoms with Crippen LogP contribution in [0.2, 0.25) is 5.15 Å². The molecule has 0 aliphatic carbocycles. The van der Waals surface area contributed by atoms with Crippen LogP contribution in [0.1, 0.15) is 10.4 Å². The number of aromatic nitrogens is 1. The van der Waals surface area contributed by atoms with Gasteiger partial charge in [-0.15, -0.1) is 0 Å². The molecule has 0 bridgehead atoms. The van der Waals surface area contributed by atoms with Crippen molar-refractivity contribution >= 4 is 23.4 Å². The summed E-state index contributed by atoms with van der Waals surface area (Å²) < 4.78 is 0. The summed E-state index contributed by atoms with van der Waals surface area (Å²) in [5, 5.41) is 2.28. The Morgan fingerprint density at radius 1 is 1.57 bits per heavy atom. The molecule has 0 radical (unpaired) electrons. The van der Waals surface area contributed by atoms with Crippen LogP contribution in [0.5, 0.6) is 0 Å². The van der Waals surface area contributed by atoms with Crippen LogP contribution in [0.25, 0.3) is 0 Å². The Labute approximate surface area is 85.3 Å². The van der Waals surface area contributed by atoms with Gasteiger partial charge in [0.2, 0.25) is 5.91 Å². The molecule has 14 heavy (non-hydrogen) atoms. The SMILES string of the molecule is NCC(=O)NC(=O)c1ccnc(Cl)c1. The minimum atomic E-state index is -0.539. The molecule has 74 valence electrons. The molecule has 0 unspecified atom stereocenters. The Kier molecular flexibility index (Phi) is 3.55. The average Bonchev–Trinajstić information content (AvgIpc) is 2.17.